The van der Waals surface area contributed by atoms with E-state index in [9.17, 15) is 4.79 Å². The van der Waals surface area contributed by atoms with Crippen molar-refractivity contribution in [3.8, 4) is 0 Å². The lowest BCUT2D eigenvalue weighted by Gasteiger charge is -2.16. The molecule has 50 valence electrons. The van der Waals surface area contributed by atoms with Crippen molar-refractivity contribution in [2.45, 2.75) is 12.5 Å². The molecule has 1 amide bonds. The molecule has 0 saturated carbocycles. The minimum absolute atomic E-state index is 0.255. The van der Waals surface area contributed by atoms with E-state index >= 15 is 0 Å². The number of carbonyl (C=O) groups excluding carboxylic acids is 1. The number of hydrogen-bond acceptors (Lipinski definition) is 3. The Kier molecular flexibility index (Phi) is 1.69. The standard InChI is InChI=1S/C5H9N3O/c6-5(9)4-2-1-3-7-8-4/h1,3-4,7-8H,2H2,(H2,6,9). The fourth-order valence-electron chi connectivity index (χ4n) is 0.658. The van der Waals surface area contributed by atoms with Crippen LogP contribution in [0.1, 0.15) is 6.42 Å². The van der Waals surface area contributed by atoms with Crippen LogP contribution in [0, 0.1) is 0 Å². The zero-order valence-corrected chi connectivity index (χ0v) is 4.92. The van der Waals surface area contributed by atoms with Crippen LogP contribution in [-0.4, -0.2) is 11.9 Å². The summed E-state index contributed by atoms with van der Waals surface area (Å²) in [5, 5.41) is 0. The molecule has 4 nitrogen and oxygen atoms in total. The number of hydrogen-bond donors (Lipinski definition) is 3. The lowest BCUT2D eigenvalue weighted by molar-refractivity contribution is -0.120. The average Bonchev–Trinajstić information content (AvgIpc) is 1.90. The molecule has 4 heteroatoms. The zero-order chi connectivity index (χ0) is 6.69. The molecule has 0 spiro atoms. The normalized spacial score (nSPS) is 25.1. The van der Waals surface area contributed by atoms with Gasteiger partial charge in [0, 0.05) is 6.20 Å². The van der Waals surface area contributed by atoms with Gasteiger partial charge in [0.1, 0.15) is 6.04 Å². The lowest BCUT2D eigenvalue weighted by Crippen LogP contribution is -2.48. The number of carbonyl (C=O) groups is 1. The van der Waals surface area contributed by atoms with E-state index in [1.54, 1.807) is 6.20 Å². The summed E-state index contributed by atoms with van der Waals surface area (Å²) in [4.78, 5) is 10.4. The van der Waals surface area contributed by atoms with E-state index in [1.165, 1.54) is 0 Å². The van der Waals surface area contributed by atoms with Crippen molar-refractivity contribution in [3.63, 3.8) is 0 Å². The fourth-order valence-corrected chi connectivity index (χ4v) is 0.658. The van der Waals surface area contributed by atoms with Crippen molar-refractivity contribution in [2.75, 3.05) is 0 Å². The largest absolute Gasteiger partial charge is 0.368 e. The van der Waals surface area contributed by atoms with E-state index in [1.807, 2.05) is 6.08 Å². The molecule has 1 heterocycles. The summed E-state index contributed by atoms with van der Waals surface area (Å²) in [6, 6.07) is -0.255. The maximum Gasteiger partial charge on any atom is 0.236 e. The minimum Gasteiger partial charge on any atom is -0.368 e. The van der Waals surface area contributed by atoms with Gasteiger partial charge in [-0.05, 0) is 6.42 Å². The first kappa shape index (κ1) is 6.10. The molecule has 0 aromatic rings. The van der Waals surface area contributed by atoms with Gasteiger partial charge in [0.15, 0.2) is 0 Å². The first-order valence-corrected chi connectivity index (χ1v) is 2.76. The molecule has 0 radical (unpaired) electrons. The molecule has 0 bridgehead atoms. The van der Waals surface area contributed by atoms with Gasteiger partial charge in [-0.3, -0.25) is 4.79 Å². The quantitative estimate of drug-likeness (QED) is 0.416. The molecule has 1 aliphatic heterocycles. The Morgan fingerprint density at radius 2 is 2.56 bits per heavy atom. The summed E-state index contributed by atoms with van der Waals surface area (Å²) < 4.78 is 0. The first-order valence-electron chi connectivity index (χ1n) is 2.76. The molecule has 1 rings (SSSR count). The summed E-state index contributed by atoms with van der Waals surface area (Å²) in [7, 11) is 0. The summed E-state index contributed by atoms with van der Waals surface area (Å²) in [6.45, 7) is 0. The third-order valence-corrected chi connectivity index (χ3v) is 1.17. The number of hydrazine groups is 1. The highest BCUT2D eigenvalue weighted by molar-refractivity contribution is 5.80. The topological polar surface area (TPSA) is 67.2 Å². The van der Waals surface area contributed by atoms with Crippen LogP contribution in [0.4, 0.5) is 0 Å². The summed E-state index contributed by atoms with van der Waals surface area (Å²) in [5.74, 6) is -0.327. The van der Waals surface area contributed by atoms with Gasteiger partial charge in [-0.1, -0.05) is 6.08 Å². The Balaban J connectivity index is 2.44. The van der Waals surface area contributed by atoms with Crippen molar-refractivity contribution < 1.29 is 4.79 Å². The number of amides is 1. The second-order valence-electron chi connectivity index (χ2n) is 1.88. The molecule has 1 aliphatic rings. The second kappa shape index (κ2) is 2.50. The Labute approximate surface area is 53.1 Å². The molecular formula is C5H9N3O. The smallest absolute Gasteiger partial charge is 0.236 e. The Bertz CT molecular complexity index is 143. The highest BCUT2D eigenvalue weighted by Crippen LogP contribution is 1.94. The molecule has 4 N–H and O–H groups in total. The molecule has 0 aliphatic carbocycles. The van der Waals surface area contributed by atoms with Gasteiger partial charge in [0.05, 0.1) is 0 Å². The number of nitrogens with two attached hydrogens (primary N) is 1. The lowest BCUT2D eigenvalue weighted by atomic mass is 10.2. The van der Waals surface area contributed by atoms with Crippen LogP contribution in [0.5, 0.6) is 0 Å². The highest BCUT2D eigenvalue weighted by atomic mass is 16.1. The third kappa shape index (κ3) is 1.43. The SMILES string of the molecule is NC(=O)C1CC=CNN1. The van der Waals surface area contributed by atoms with Gasteiger partial charge in [0.25, 0.3) is 0 Å². The molecule has 0 aromatic carbocycles. The maximum absolute atomic E-state index is 10.4. The molecule has 1 atom stereocenters. The number of rotatable bonds is 1. The van der Waals surface area contributed by atoms with Crippen LogP contribution in [0.3, 0.4) is 0 Å². The van der Waals surface area contributed by atoms with Crippen LogP contribution in [-0.2, 0) is 4.79 Å². The van der Waals surface area contributed by atoms with Gasteiger partial charge in [0.2, 0.25) is 5.91 Å². The fraction of sp³-hybridized carbons (Fsp3) is 0.400. The van der Waals surface area contributed by atoms with Crippen molar-refractivity contribution in [1.82, 2.24) is 10.9 Å². The first-order chi connectivity index (χ1) is 4.30. The van der Waals surface area contributed by atoms with Gasteiger partial charge in [-0.15, -0.1) is 0 Å². The average molecular weight is 127 g/mol. The van der Waals surface area contributed by atoms with Crippen LogP contribution in [0.2, 0.25) is 0 Å². The van der Waals surface area contributed by atoms with Gasteiger partial charge in [-0.2, -0.15) is 0 Å². The monoisotopic (exact) mass is 127 g/mol. The van der Waals surface area contributed by atoms with Gasteiger partial charge >= 0.3 is 0 Å². The van der Waals surface area contributed by atoms with Crippen LogP contribution in [0.25, 0.3) is 0 Å². The van der Waals surface area contributed by atoms with Crippen LogP contribution >= 0.6 is 0 Å². The highest BCUT2D eigenvalue weighted by Gasteiger charge is 2.13. The molecule has 1 unspecified atom stereocenters. The van der Waals surface area contributed by atoms with E-state index in [-0.39, 0.29) is 11.9 Å². The maximum atomic E-state index is 10.4. The van der Waals surface area contributed by atoms with Crippen LogP contribution in [0.15, 0.2) is 12.3 Å². The van der Waals surface area contributed by atoms with Gasteiger partial charge in [-0.25, -0.2) is 5.43 Å². The second-order valence-corrected chi connectivity index (χ2v) is 1.88. The minimum atomic E-state index is -0.327. The van der Waals surface area contributed by atoms with Crippen molar-refractivity contribution in [2.24, 2.45) is 5.73 Å². The van der Waals surface area contributed by atoms with Crippen LogP contribution < -0.4 is 16.6 Å². The Hall–Kier alpha value is -1.03. The Morgan fingerprint density at radius 1 is 1.78 bits per heavy atom. The van der Waals surface area contributed by atoms with E-state index in [0.717, 1.165) is 0 Å². The van der Waals surface area contributed by atoms with Crippen molar-refractivity contribution in [1.29, 1.82) is 0 Å². The number of nitrogens with one attached hydrogen (secondary N) is 2. The molecule has 0 aromatic heterocycles. The zero-order valence-electron chi connectivity index (χ0n) is 4.92. The van der Waals surface area contributed by atoms with Gasteiger partial charge < -0.3 is 11.2 Å². The van der Waals surface area contributed by atoms with E-state index < -0.39 is 0 Å². The van der Waals surface area contributed by atoms with E-state index in [4.69, 9.17) is 5.73 Å². The third-order valence-electron chi connectivity index (χ3n) is 1.17. The van der Waals surface area contributed by atoms with E-state index in [2.05, 4.69) is 10.9 Å². The molecule has 0 saturated heterocycles. The molecular weight excluding hydrogens is 118 g/mol. The number of primary amides is 1. The van der Waals surface area contributed by atoms with Crippen molar-refractivity contribution in [3.05, 3.63) is 12.3 Å². The molecule has 9 heavy (non-hydrogen) atoms. The Morgan fingerprint density at radius 3 is 2.89 bits per heavy atom. The summed E-state index contributed by atoms with van der Waals surface area (Å²) >= 11 is 0. The summed E-state index contributed by atoms with van der Waals surface area (Å²) in [5.41, 5.74) is 10.4. The summed E-state index contributed by atoms with van der Waals surface area (Å²) in [6.07, 6.45) is 4.26. The predicted molar refractivity (Wildman–Crippen MR) is 33.0 cm³/mol. The molecule has 0 fully saturated rings. The van der Waals surface area contributed by atoms with Crippen molar-refractivity contribution >= 4 is 5.91 Å². The van der Waals surface area contributed by atoms with E-state index in [0.29, 0.717) is 6.42 Å². The predicted octanol–water partition coefficient (Wildman–Crippen LogP) is -1.15.